The predicted molar refractivity (Wildman–Crippen MR) is 158 cm³/mol. The van der Waals surface area contributed by atoms with E-state index in [-0.39, 0.29) is 42.1 Å². The largest absolute Gasteiger partial charge is 0.482 e. The predicted octanol–water partition coefficient (Wildman–Crippen LogP) is 5.79. The van der Waals surface area contributed by atoms with Gasteiger partial charge in [0.2, 0.25) is 0 Å². The zero-order valence-corrected chi connectivity index (χ0v) is 23.6. The van der Waals surface area contributed by atoms with Crippen molar-refractivity contribution < 1.29 is 18.7 Å². The van der Waals surface area contributed by atoms with Crippen LogP contribution in [0.3, 0.4) is 0 Å². The summed E-state index contributed by atoms with van der Waals surface area (Å²) in [5, 5.41) is 2.99. The van der Waals surface area contributed by atoms with E-state index in [0.717, 1.165) is 50.8 Å². The zero-order chi connectivity index (χ0) is 28.6. The van der Waals surface area contributed by atoms with Gasteiger partial charge in [-0.3, -0.25) is 9.59 Å². The highest BCUT2D eigenvalue weighted by atomic mass is 19.1. The summed E-state index contributed by atoms with van der Waals surface area (Å²) in [5.41, 5.74) is 3.11. The summed E-state index contributed by atoms with van der Waals surface area (Å²) >= 11 is 0. The van der Waals surface area contributed by atoms with Gasteiger partial charge in [-0.05, 0) is 74.7 Å². The van der Waals surface area contributed by atoms with E-state index in [4.69, 9.17) is 4.74 Å². The molecule has 0 aromatic heterocycles. The van der Waals surface area contributed by atoms with E-state index in [1.807, 2.05) is 30.3 Å². The van der Waals surface area contributed by atoms with Crippen molar-refractivity contribution in [2.45, 2.75) is 57.3 Å². The maximum absolute atomic E-state index is 14.4. The number of nitrogens with one attached hydrogen (secondary N) is 1. The minimum Gasteiger partial charge on any atom is -0.482 e. The third-order valence-corrected chi connectivity index (χ3v) is 7.88. The average molecular weight is 556 g/mol. The van der Waals surface area contributed by atoms with Gasteiger partial charge in [-0.25, -0.2) is 4.39 Å². The number of halogens is 1. The molecule has 5 rings (SSSR count). The highest BCUT2D eigenvalue weighted by molar-refractivity contribution is 5.97. The molecular weight excluding hydrogens is 517 g/mol. The SMILES string of the molecule is CN(CCCNC(=O)c1ccc(/C=C2\OC3CCCCC3N(Cc3ccccc3F)C2=O)cc1)Cc1ccccc1. The molecule has 7 heteroatoms. The van der Waals surface area contributed by atoms with Crippen LogP contribution < -0.4 is 5.32 Å². The van der Waals surface area contributed by atoms with Gasteiger partial charge in [0.15, 0.2) is 5.76 Å². The Labute approximate surface area is 241 Å². The summed E-state index contributed by atoms with van der Waals surface area (Å²) < 4.78 is 20.6. The highest BCUT2D eigenvalue weighted by Gasteiger charge is 2.41. The standard InChI is InChI=1S/C34H38FN3O3/c1-37(23-26-10-3-2-4-11-26)21-9-20-36-33(39)27-18-16-25(17-19-27)22-32-34(40)38(24-28-12-5-6-13-29(28)35)30-14-7-8-15-31(30)41-32/h2-6,10-13,16-19,22,30-31H,7-9,14-15,20-21,23-24H2,1H3,(H,36,39)/b32-22-. The maximum Gasteiger partial charge on any atom is 0.289 e. The van der Waals surface area contributed by atoms with Crippen LogP contribution in [0.5, 0.6) is 0 Å². The lowest BCUT2D eigenvalue weighted by Crippen LogP contribution is -2.54. The molecule has 1 saturated heterocycles. The number of hydrogen-bond donors (Lipinski definition) is 1. The molecule has 2 unspecified atom stereocenters. The van der Waals surface area contributed by atoms with Crippen LogP contribution in [0.4, 0.5) is 4.39 Å². The first kappa shape index (κ1) is 28.6. The molecule has 3 aromatic carbocycles. The first-order valence-corrected chi connectivity index (χ1v) is 14.5. The van der Waals surface area contributed by atoms with Gasteiger partial charge in [0.25, 0.3) is 11.8 Å². The average Bonchev–Trinajstić information content (AvgIpc) is 2.99. The third kappa shape index (κ3) is 7.41. The zero-order valence-electron chi connectivity index (χ0n) is 23.6. The van der Waals surface area contributed by atoms with Gasteiger partial charge in [-0.1, -0.05) is 67.1 Å². The van der Waals surface area contributed by atoms with Crippen LogP contribution in [0.25, 0.3) is 6.08 Å². The van der Waals surface area contributed by atoms with E-state index in [1.165, 1.54) is 11.6 Å². The number of fused-ring (bicyclic) bond motifs is 1. The molecule has 1 aliphatic carbocycles. The van der Waals surface area contributed by atoms with Crippen molar-refractivity contribution in [1.82, 2.24) is 15.1 Å². The van der Waals surface area contributed by atoms with E-state index in [1.54, 1.807) is 41.3 Å². The Morgan fingerprint density at radius 2 is 1.76 bits per heavy atom. The Bertz CT molecular complexity index is 1360. The lowest BCUT2D eigenvalue weighted by Gasteiger charge is -2.44. The van der Waals surface area contributed by atoms with Crippen molar-refractivity contribution in [2.24, 2.45) is 0 Å². The number of nitrogens with zero attached hydrogens (tertiary/aromatic N) is 2. The lowest BCUT2D eigenvalue weighted by atomic mass is 9.89. The molecule has 1 N–H and O–H groups in total. The second kappa shape index (κ2) is 13.6. The molecule has 6 nitrogen and oxygen atoms in total. The van der Waals surface area contributed by atoms with E-state index in [0.29, 0.717) is 17.7 Å². The Hall–Kier alpha value is -3.97. The summed E-state index contributed by atoms with van der Waals surface area (Å²) in [4.78, 5) is 30.2. The fourth-order valence-electron chi connectivity index (χ4n) is 5.68. The number of carbonyl (C=O) groups is 2. The van der Waals surface area contributed by atoms with Crippen molar-refractivity contribution in [3.8, 4) is 0 Å². The second-order valence-corrected chi connectivity index (χ2v) is 11.0. The Balaban J connectivity index is 1.17. The van der Waals surface area contributed by atoms with Crippen molar-refractivity contribution in [2.75, 3.05) is 20.1 Å². The van der Waals surface area contributed by atoms with Gasteiger partial charge < -0.3 is 19.9 Å². The van der Waals surface area contributed by atoms with Crippen LogP contribution in [0.15, 0.2) is 84.6 Å². The molecule has 214 valence electrons. The monoisotopic (exact) mass is 555 g/mol. The molecule has 0 spiro atoms. The third-order valence-electron chi connectivity index (χ3n) is 7.88. The molecule has 2 atom stereocenters. The molecule has 1 aliphatic heterocycles. The maximum atomic E-state index is 14.4. The molecule has 1 heterocycles. The molecule has 41 heavy (non-hydrogen) atoms. The first-order chi connectivity index (χ1) is 20.0. The van der Waals surface area contributed by atoms with Gasteiger partial charge in [0.1, 0.15) is 11.9 Å². The Morgan fingerprint density at radius 1 is 1.02 bits per heavy atom. The molecule has 2 fully saturated rings. The van der Waals surface area contributed by atoms with Crippen LogP contribution in [-0.4, -0.2) is 53.9 Å². The Kier molecular flexibility index (Phi) is 9.47. The summed E-state index contributed by atoms with van der Waals surface area (Å²) in [7, 11) is 2.08. The fraction of sp³-hybridized carbons (Fsp3) is 0.353. The van der Waals surface area contributed by atoms with E-state index < -0.39 is 0 Å². The first-order valence-electron chi connectivity index (χ1n) is 14.5. The molecule has 2 amide bonds. The quantitative estimate of drug-likeness (QED) is 0.254. The van der Waals surface area contributed by atoms with E-state index >= 15 is 0 Å². The number of hydrogen-bond acceptors (Lipinski definition) is 4. The van der Waals surface area contributed by atoms with Gasteiger partial charge in [0, 0.05) is 30.8 Å². The highest BCUT2D eigenvalue weighted by Crippen LogP contribution is 2.34. The summed E-state index contributed by atoms with van der Waals surface area (Å²) in [5.74, 6) is -0.393. The molecule has 3 aromatic rings. The van der Waals surface area contributed by atoms with Crippen LogP contribution in [0.1, 0.15) is 59.2 Å². The lowest BCUT2D eigenvalue weighted by molar-refractivity contribution is -0.149. The van der Waals surface area contributed by atoms with Crippen molar-refractivity contribution >= 4 is 17.9 Å². The van der Waals surface area contributed by atoms with Gasteiger partial charge in [-0.2, -0.15) is 0 Å². The van der Waals surface area contributed by atoms with Crippen molar-refractivity contribution in [1.29, 1.82) is 0 Å². The molecular formula is C34H38FN3O3. The molecule has 0 radical (unpaired) electrons. The topological polar surface area (TPSA) is 61.9 Å². The minimum atomic E-state index is -0.308. The van der Waals surface area contributed by atoms with Crippen LogP contribution in [-0.2, 0) is 22.6 Å². The van der Waals surface area contributed by atoms with Crippen LogP contribution >= 0.6 is 0 Å². The summed E-state index contributed by atoms with van der Waals surface area (Å²) in [6.07, 6.45) is 6.27. The summed E-state index contributed by atoms with van der Waals surface area (Å²) in [6, 6.07) is 24.0. The van der Waals surface area contributed by atoms with Gasteiger partial charge in [0.05, 0.1) is 6.04 Å². The van der Waals surface area contributed by atoms with E-state index in [9.17, 15) is 14.0 Å². The number of benzene rings is 3. The molecule has 2 aliphatic rings. The normalized spacial score (nSPS) is 19.6. The van der Waals surface area contributed by atoms with Crippen molar-refractivity contribution in [3.63, 3.8) is 0 Å². The Morgan fingerprint density at radius 3 is 2.54 bits per heavy atom. The van der Waals surface area contributed by atoms with Gasteiger partial charge in [-0.15, -0.1) is 0 Å². The number of amides is 2. The fourth-order valence-corrected chi connectivity index (χ4v) is 5.68. The molecule has 1 saturated carbocycles. The number of morpholine rings is 1. The second-order valence-electron chi connectivity index (χ2n) is 11.0. The number of carbonyl (C=O) groups excluding carboxylic acids is 2. The number of rotatable bonds is 10. The number of ether oxygens (including phenoxy) is 1. The molecule has 0 bridgehead atoms. The van der Waals surface area contributed by atoms with Crippen molar-refractivity contribution in [3.05, 3.63) is 113 Å². The van der Waals surface area contributed by atoms with E-state index in [2.05, 4.69) is 29.4 Å². The summed E-state index contributed by atoms with van der Waals surface area (Å²) in [6.45, 7) is 2.56. The minimum absolute atomic E-state index is 0.0581. The van der Waals surface area contributed by atoms with Crippen LogP contribution in [0, 0.1) is 5.82 Å². The smallest absolute Gasteiger partial charge is 0.289 e. The van der Waals surface area contributed by atoms with Crippen LogP contribution in [0.2, 0.25) is 0 Å². The van der Waals surface area contributed by atoms with Gasteiger partial charge >= 0.3 is 0 Å².